The number of thiophene rings is 2. The van der Waals surface area contributed by atoms with Crippen molar-refractivity contribution in [3.63, 3.8) is 0 Å². The van der Waals surface area contributed by atoms with E-state index in [0.717, 1.165) is 28.5 Å². The molecule has 3 aromatic heterocycles. The van der Waals surface area contributed by atoms with Crippen LogP contribution in [0.25, 0.3) is 5.57 Å². The number of imidazole rings is 1. The summed E-state index contributed by atoms with van der Waals surface area (Å²) in [5.74, 6) is 2.25. The van der Waals surface area contributed by atoms with Crippen molar-refractivity contribution in [3.8, 4) is 6.19 Å². The van der Waals surface area contributed by atoms with Crippen molar-refractivity contribution in [2.75, 3.05) is 18.8 Å². The Morgan fingerprint density at radius 2 is 2.07 bits per heavy atom. The summed E-state index contributed by atoms with van der Waals surface area (Å²) in [6.07, 6.45) is 5.77. The molecule has 0 aliphatic rings. The number of aromatic amines is 1. The second-order valence-corrected chi connectivity index (χ2v) is 8.69. The normalized spacial score (nSPS) is 11.1. The molecule has 9 heteroatoms. The third-order valence-electron chi connectivity index (χ3n) is 4.10. The van der Waals surface area contributed by atoms with Gasteiger partial charge in [0.15, 0.2) is 6.19 Å². The van der Waals surface area contributed by atoms with Gasteiger partial charge in [-0.2, -0.15) is 39.7 Å². The monoisotopic (exact) mass is 442 g/mol. The van der Waals surface area contributed by atoms with E-state index >= 15 is 0 Å². The number of hydrogen-bond acceptors (Lipinski definition) is 6. The van der Waals surface area contributed by atoms with Crippen LogP contribution in [0.5, 0.6) is 0 Å². The largest absolute Gasteiger partial charge is 0.355 e. The lowest BCUT2D eigenvalue weighted by atomic mass is 10.0. The molecule has 3 rings (SSSR count). The Morgan fingerprint density at radius 1 is 1.31 bits per heavy atom. The molecule has 3 aromatic rings. The molecule has 3 N–H and O–H groups in total. The zero-order valence-corrected chi connectivity index (χ0v) is 18.5. The van der Waals surface area contributed by atoms with Crippen LogP contribution in [0.2, 0.25) is 0 Å². The number of aromatic nitrogens is 2. The standard InChI is InChI=1S/C20H22N6S3/c1-15-19(26-14-25-15)12-29-9-6-23-20(24-13-21)22-5-2-18(16-3-7-27-10-16)17-4-8-28-11-17/h2-4,7-8,10-11,14H,5-6,9,12H2,1H3,(H,25,26)(H2,22,23,24). The minimum absolute atomic E-state index is 0.484. The zero-order chi connectivity index (χ0) is 20.3. The van der Waals surface area contributed by atoms with E-state index in [1.54, 1.807) is 40.8 Å². The highest BCUT2D eigenvalue weighted by atomic mass is 32.2. The van der Waals surface area contributed by atoms with Gasteiger partial charge in [0.05, 0.1) is 18.6 Å². The number of nitrogens with zero attached hydrogens (tertiary/aromatic N) is 3. The second kappa shape index (κ2) is 11.5. The minimum atomic E-state index is 0.484. The first-order valence-electron chi connectivity index (χ1n) is 9.03. The highest BCUT2D eigenvalue weighted by Gasteiger charge is 2.06. The fourth-order valence-electron chi connectivity index (χ4n) is 2.60. The van der Waals surface area contributed by atoms with Crippen LogP contribution < -0.4 is 10.6 Å². The summed E-state index contributed by atoms with van der Waals surface area (Å²) < 4.78 is 0. The molecule has 0 atom stereocenters. The molecule has 0 bridgehead atoms. The number of thioether (sulfide) groups is 1. The summed E-state index contributed by atoms with van der Waals surface area (Å²) in [5, 5.41) is 23.2. The minimum Gasteiger partial charge on any atom is -0.355 e. The topological polar surface area (TPSA) is 88.9 Å². The summed E-state index contributed by atoms with van der Waals surface area (Å²) in [6.45, 7) is 3.22. The van der Waals surface area contributed by atoms with Gasteiger partial charge in [-0.3, -0.25) is 5.32 Å². The van der Waals surface area contributed by atoms with E-state index in [9.17, 15) is 0 Å². The summed E-state index contributed by atoms with van der Waals surface area (Å²) in [7, 11) is 0. The summed E-state index contributed by atoms with van der Waals surface area (Å²) in [6, 6.07) is 4.23. The van der Waals surface area contributed by atoms with Crippen LogP contribution in [0.3, 0.4) is 0 Å². The van der Waals surface area contributed by atoms with Crippen LogP contribution in [0.15, 0.2) is 51.0 Å². The fraction of sp³-hybridized carbons (Fsp3) is 0.250. The van der Waals surface area contributed by atoms with Gasteiger partial charge < -0.3 is 10.3 Å². The van der Waals surface area contributed by atoms with Gasteiger partial charge in [0.1, 0.15) is 0 Å². The number of H-pyrrole nitrogens is 1. The smallest absolute Gasteiger partial charge is 0.205 e. The van der Waals surface area contributed by atoms with Gasteiger partial charge in [0, 0.05) is 23.7 Å². The van der Waals surface area contributed by atoms with Gasteiger partial charge in [0.25, 0.3) is 0 Å². The maximum atomic E-state index is 8.99. The molecule has 0 saturated carbocycles. The molecule has 6 nitrogen and oxygen atoms in total. The molecule has 0 aliphatic heterocycles. The summed E-state index contributed by atoms with van der Waals surface area (Å²) in [5.41, 5.74) is 5.74. The lowest BCUT2D eigenvalue weighted by Gasteiger charge is -2.08. The zero-order valence-electron chi connectivity index (χ0n) is 16.0. The van der Waals surface area contributed by atoms with Crippen LogP contribution in [0.4, 0.5) is 0 Å². The predicted octanol–water partition coefficient (Wildman–Crippen LogP) is 4.22. The average molecular weight is 443 g/mol. The first-order chi connectivity index (χ1) is 14.3. The van der Waals surface area contributed by atoms with Crippen molar-refractivity contribution < 1.29 is 0 Å². The molecule has 0 aliphatic carbocycles. The number of aliphatic imine (C=N–C) groups is 1. The van der Waals surface area contributed by atoms with Crippen LogP contribution in [0.1, 0.15) is 22.5 Å². The molecule has 150 valence electrons. The first-order valence-corrected chi connectivity index (χ1v) is 12.1. The number of aryl methyl sites for hydroxylation is 1. The summed E-state index contributed by atoms with van der Waals surface area (Å²) >= 11 is 5.15. The Balaban J connectivity index is 1.53. The van der Waals surface area contributed by atoms with E-state index in [4.69, 9.17) is 5.26 Å². The maximum Gasteiger partial charge on any atom is 0.205 e. The van der Waals surface area contributed by atoms with Crippen molar-refractivity contribution in [2.45, 2.75) is 12.7 Å². The molecule has 0 aromatic carbocycles. The maximum absolute atomic E-state index is 8.99. The van der Waals surface area contributed by atoms with Crippen molar-refractivity contribution in [2.24, 2.45) is 4.99 Å². The molecule has 29 heavy (non-hydrogen) atoms. The van der Waals surface area contributed by atoms with Gasteiger partial charge >= 0.3 is 0 Å². The SMILES string of the molecule is Cc1[nH]cnc1CSCCNC(=NCC=C(c1ccsc1)c1ccsc1)NC#N. The van der Waals surface area contributed by atoms with Crippen LogP contribution in [-0.4, -0.2) is 34.8 Å². The van der Waals surface area contributed by atoms with Crippen molar-refractivity contribution >= 4 is 46.0 Å². The summed E-state index contributed by atoms with van der Waals surface area (Å²) in [4.78, 5) is 11.9. The van der Waals surface area contributed by atoms with Gasteiger partial charge in [-0.25, -0.2) is 9.98 Å². The first kappa shape index (κ1) is 21.2. The van der Waals surface area contributed by atoms with E-state index in [-0.39, 0.29) is 0 Å². The van der Waals surface area contributed by atoms with Crippen molar-refractivity contribution in [3.05, 3.63) is 68.6 Å². The third-order valence-corrected chi connectivity index (χ3v) is 6.43. The van der Waals surface area contributed by atoms with E-state index in [0.29, 0.717) is 19.0 Å². The molecule has 0 saturated heterocycles. The second-order valence-electron chi connectivity index (χ2n) is 6.02. The average Bonchev–Trinajstić information content (AvgIpc) is 3.48. The van der Waals surface area contributed by atoms with E-state index < -0.39 is 0 Å². The third kappa shape index (κ3) is 6.49. The molecule has 0 amide bonds. The fourth-order valence-corrected chi connectivity index (χ4v) is 4.79. The van der Waals surface area contributed by atoms with Gasteiger partial charge in [0.2, 0.25) is 5.96 Å². The number of nitrogens with one attached hydrogen (secondary N) is 3. The van der Waals surface area contributed by atoms with Crippen molar-refractivity contribution in [1.82, 2.24) is 20.6 Å². The highest BCUT2D eigenvalue weighted by Crippen LogP contribution is 2.26. The number of nitriles is 1. The molecule has 0 radical (unpaired) electrons. The molecule has 0 unspecified atom stereocenters. The van der Waals surface area contributed by atoms with E-state index in [1.807, 2.05) is 13.1 Å². The highest BCUT2D eigenvalue weighted by molar-refractivity contribution is 7.98. The van der Waals surface area contributed by atoms with Gasteiger partial charge in [-0.05, 0) is 57.3 Å². The van der Waals surface area contributed by atoms with Crippen LogP contribution in [0, 0.1) is 18.4 Å². The van der Waals surface area contributed by atoms with E-state index in [1.165, 1.54) is 11.1 Å². The van der Waals surface area contributed by atoms with Crippen molar-refractivity contribution in [1.29, 1.82) is 5.26 Å². The Bertz CT molecular complexity index is 928. The number of rotatable bonds is 9. The Labute approximate surface area is 182 Å². The number of hydrogen-bond donors (Lipinski definition) is 3. The Morgan fingerprint density at radius 3 is 2.66 bits per heavy atom. The quantitative estimate of drug-likeness (QED) is 0.152. The predicted molar refractivity (Wildman–Crippen MR) is 124 cm³/mol. The molecule has 0 spiro atoms. The van der Waals surface area contributed by atoms with Gasteiger partial charge in [-0.15, -0.1) is 0 Å². The lowest BCUT2D eigenvalue weighted by molar-refractivity contribution is 0.923. The molecule has 3 heterocycles. The van der Waals surface area contributed by atoms with Crippen LogP contribution >= 0.6 is 34.4 Å². The molecular weight excluding hydrogens is 420 g/mol. The van der Waals surface area contributed by atoms with Crippen LogP contribution in [-0.2, 0) is 5.75 Å². The molecule has 0 fully saturated rings. The molecular formula is C20H22N6S3. The van der Waals surface area contributed by atoms with E-state index in [2.05, 4.69) is 65.3 Å². The lowest BCUT2D eigenvalue weighted by Crippen LogP contribution is -2.36. The number of guanidine groups is 1. The van der Waals surface area contributed by atoms with Gasteiger partial charge in [-0.1, -0.05) is 6.08 Å². The Kier molecular flexibility index (Phi) is 8.37. The Hall–Kier alpha value is -2.54.